The maximum atomic E-state index is 13.2. The van der Waals surface area contributed by atoms with E-state index in [1.165, 1.54) is 24.3 Å². The van der Waals surface area contributed by atoms with Crippen LogP contribution in [0.25, 0.3) is 6.08 Å². The van der Waals surface area contributed by atoms with Crippen molar-refractivity contribution in [2.45, 2.75) is 129 Å². The molecule has 1 fully saturated rings. The van der Waals surface area contributed by atoms with Crippen LogP contribution >= 0.6 is 0 Å². The summed E-state index contributed by atoms with van der Waals surface area (Å²) < 4.78 is 23.3. The van der Waals surface area contributed by atoms with E-state index in [1.807, 2.05) is 46.9 Å². The number of ketones is 2. The van der Waals surface area contributed by atoms with Crippen molar-refractivity contribution in [3.05, 3.63) is 81.5 Å². The standard InChI is InChI=1S/C25H31NO5.C21H23NO6/c1-14-9-10-19(27)23-20(30-25(4,5)31-23)8-6-7-18-21(24(28)29-16(14)3)15(2)13-17-11-12-26-22(17)18;1-11-6-7-16(24)20(26)15(23)5-3-4-14-18(21(27)28-12(11)2)17(25)10-13-8-9-22-19(13)14/h9-10,12-14,16,20,23H,6-8,11H2,1-5H3;3-4,6-7,9-12,15,20,23,25-26H,5,8H2,1-2H3/b10-9-;4-3+,7-6-/t14-,16+,20+,23-;11-,12+,15+,20+/m11/s1. The maximum absolute atomic E-state index is 13.2. The van der Waals surface area contributed by atoms with Crippen LogP contribution in [0.2, 0.25) is 0 Å². The minimum Gasteiger partial charge on any atom is -0.507 e. The van der Waals surface area contributed by atoms with Crippen LogP contribution in [0.1, 0.15) is 109 Å². The Hall–Kier alpha value is -5.08. The van der Waals surface area contributed by atoms with Crippen molar-refractivity contribution >= 4 is 53.4 Å². The third kappa shape index (κ3) is 9.70. The predicted octanol–water partition coefficient (Wildman–Crippen LogP) is 6.51. The second-order valence-electron chi connectivity index (χ2n) is 16.4. The number of aryl methyl sites for hydroxylation is 1. The number of hydrogen-bond donors (Lipinski definition) is 3. The highest BCUT2D eigenvalue weighted by atomic mass is 16.8. The molecule has 0 aromatic heterocycles. The van der Waals surface area contributed by atoms with Crippen LogP contribution < -0.4 is 0 Å². The summed E-state index contributed by atoms with van der Waals surface area (Å²) in [6.07, 6.45) is 11.3. The van der Waals surface area contributed by atoms with Crippen molar-refractivity contribution in [1.29, 1.82) is 0 Å². The SMILES string of the molecule is C[C@@H]1/C=C\C(=O)[C@@H](O)[C@@H](O)C/C=C/c2c3c(cc(O)c2C(=O)O[C@H]1C)CC=N3.Cc1cc2c(c3c1C(=O)O[C@@H](C)[C@H](C)/C=C\C(=O)[C@H]1OC(C)(C)O[C@H]1CCC3)N=CC2. The van der Waals surface area contributed by atoms with Gasteiger partial charge in [0, 0.05) is 42.7 Å². The van der Waals surface area contributed by atoms with Crippen LogP contribution in [-0.2, 0) is 47.8 Å². The number of ether oxygens (including phenoxy) is 4. The first kappa shape index (κ1) is 43.5. The Morgan fingerprint density at radius 3 is 2.02 bits per heavy atom. The molecular weight excluding hydrogens is 757 g/mol. The van der Waals surface area contributed by atoms with Gasteiger partial charge >= 0.3 is 11.9 Å². The first-order valence-corrected chi connectivity index (χ1v) is 20.3. The number of benzene rings is 2. The molecule has 5 aliphatic heterocycles. The number of carbonyl (C=O) groups is 4. The van der Waals surface area contributed by atoms with Gasteiger partial charge in [-0.2, -0.15) is 0 Å². The number of carbonyl (C=O) groups excluding carboxylic acids is 4. The van der Waals surface area contributed by atoms with E-state index in [2.05, 4.69) is 9.98 Å². The molecule has 59 heavy (non-hydrogen) atoms. The summed E-state index contributed by atoms with van der Waals surface area (Å²) in [6.45, 7) is 12.8. The Balaban J connectivity index is 0.000000199. The molecule has 8 atom stereocenters. The molecular formula is C46H54N2O11. The molecule has 314 valence electrons. The maximum Gasteiger partial charge on any atom is 0.342 e. The van der Waals surface area contributed by atoms with E-state index in [0.717, 1.165) is 40.8 Å². The summed E-state index contributed by atoms with van der Waals surface area (Å²) >= 11 is 0. The number of esters is 2. The zero-order valence-electron chi connectivity index (χ0n) is 34.6. The number of aliphatic imine (C=N–C) groups is 2. The molecule has 0 saturated carbocycles. The average molecular weight is 811 g/mol. The van der Waals surface area contributed by atoms with E-state index in [4.69, 9.17) is 18.9 Å². The second kappa shape index (κ2) is 18.0. The average Bonchev–Trinajstić information content (AvgIpc) is 3.92. The van der Waals surface area contributed by atoms with Crippen LogP contribution in [0.15, 0.2) is 52.5 Å². The predicted molar refractivity (Wildman–Crippen MR) is 222 cm³/mol. The number of fused-ring (bicyclic) bond motifs is 7. The number of rotatable bonds is 0. The van der Waals surface area contributed by atoms with Gasteiger partial charge in [-0.15, -0.1) is 0 Å². The number of aliphatic hydroxyl groups is 2. The minimum atomic E-state index is -1.55. The number of aromatic hydroxyl groups is 1. The van der Waals surface area contributed by atoms with E-state index in [-0.39, 0.29) is 53.5 Å². The molecule has 13 heteroatoms. The van der Waals surface area contributed by atoms with E-state index in [9.17, 15) is 34.5 Å². The van der Waals surface area contributed by atoms with Crippen molar-refractivity contribution < 1.29 is 53.4 Å². The molecule has 0 bridgehead atoms. The van der Waals surface area contributed by atoms with Crippen LogP contribution in [0, 0.1) is 18.8 Å². The summed E-state index contributed by atoms with van der Waals surface area (Å²) in [5.74, 6) is -3.20. The van der Waals surface area contributed by atoms with Gasteiger partial charge in [-0.3, -0.25) is 19.6 Å². The highest BCUT2D eigenvalue weighted by Crippen LogP contribution is 2.40. The molecule has 1 saturated heterocycles. The number of cyclic esters (lactones) is 2. The molecule has 2 aromatic rings. The molecule has 13 nitrogen and oxygen atoms in total. The summed E-state index contributed by atoms with van der Waals surface area (Å²) in [4.78, 5) is 59.7. The lowest BCUT2D eigenvalue weighted by Gasteiger charge is -2.22. The molecule has 0 unspecified atom stereocenters. The van der Waals surface area contributed by atoms with Gasteiger partial charge in [0.1, 0.15) is 35.7 Å². The van der Waals surface area contributed by atoms with Crippen molar-refractivity contribution in [3.63, 3.8) is 0 Å². The largest absolute Gasteiger partial charge is 0.507 e. The van der Waals surface area contributed by atoms with Crippen molar-refractivity contribution in [3.8, 4) is 5.75 Å². The van der Waals surface area contributed by atoms with Crippen LogP contribution in [0.4, 0.5) is 11.4 Å². The van der Waals surface area contributed by atoms with E-state index >= 15 is 0 Å². The molecule has 0 radical (unpaired) electrons. The highest BCUT2D eigenvalue weighted by Gasteiger charge is 2.44. The Bertz CT molecular complexity index is 2150. The van der Waals surface area contributed by atoms with E-state index in [1.54, 1.807) is 38.3 Å². The summed E-state index contributed by atoms with van der Waals surface area (Å²) in [6, 6.07) is 3.55. The topological polar surface area (TPSA) is 191 Å². The molecule has 3 N–H and O–H groups in total. The number of nitrogens with zero attached hydrogens (tertiary/aromatic N) is 2. The van der Waals surface area contributed by atoms with Gasteiger partial charge in [0.05, 0.1) is 29.1 Å². The molecule has 0 spiro atoms. The Labute approximate surface area is 344 Å². The van der Waals surface area contributed by atoms with Gasteiger partial charge in [-0.1, -0.05) is 44.2 Å². The molecule has 2 aromatic carbocycles. The monoisotopic (exact) mass is 810 g/mol. The number of phenols is 1. The smallest absolute Gasteiger partial charge is 0.342 e. The fourth-order valence-corrected chi connectivity index (χ4v) is 7.77. The molecule has 5 heterocycles. The molecule has 0 aliphatic carbocycles. The van der Waals surface area contributed by atoms with Crippen LogP contribution in [-0.4, -0.2) is 93.7 Å². The van der Waals surface area contributed by atoms with Crippen molar-refractivity contribution in [2.75, 3.05) is 0 Å². The first-order valence-electron chi connectivity index (χ1n) is 20.3. The second-order valence-corrected chi connectivity index (χ2v) is 16.4. The van der Waals surface area contributed by atoms with Gasteiger partial charge in [0.25, 0.3) is 0 Å². The summed E-state index contributed by atoms with van der Waals surface area (Å²) in [5.41, 5.74) is 6.22. The number of aliphatic hydroxyl groups excluding tert-OH is 2. The lowest BCUT2D eigenvalue weighted by atomic mass is 9.91. The third-order valence-electron chi connectivity index (χ3n) is 11.4. The lowest BCUT2D eigenvalue weighted by molar-refractivity contribution is -0.153. The van der Waals surface area contributed by atoms with Gasteiger partial charge in [0.15, 0.2) is 17.4 Å². The fraction of sp³-hybridized carbons (Fsp3) is 0.478. The fourth-order valence-electron chi connectivity index (χ4n) is 7.77. The Morgan fingerprint density at radius 2 is 1.36 bits per heavy atom. The highest BCUT2D eigenvalue weighted by molar-refractivity contribution is 6.01. The van der Waals surface area contributed by atoms with Gasteiger partial charge in [-0.25, -0.2) is 9.59 Å². The van der Waals surface area contributed by atoms with Crippen molar-refractivity contribution in [2.24, 2.45) is 21.8 Å². The summed E-state index contributed by atoms with van der Waals surface area (Å²) in [7, 11) is 0. The third-order valence-corrected chi connectivity index (χ3v) is 11.4. The Morgan fingerprint density at radius 1 is 0.763 bits per heavy atom. The zero-order chi connectivity index (χ0) is 42.8. The quantitative estimate of drug-likeness (QED) is 0.246. The van der Waals surface area contributed by atoms with Gasteiger partial charge in [0.2, 0.25) is 0 Å². The molecule has 0 amide bonds. The normalized spacial score (nSPS) is 30.8. The first-order chi connectivity index (χ1) is 28.0. The van der Waals surface area contributed by atoms with Crippen LogP contribution in [0.3, 0.4) is 0 Å². The summed E-state index contributed by atoms with van der Waals surface area (Å²) in [5, 5.41) is 30.5. The molecule has 5 aliphatic rings. The van der Waals surface area contributed by atoms with Crippen LogP contribution in [0.5, 0.6) is 5.75 Å². The van der Waals surface area contributed by atoms with E-state index in [0.29, 0.717) is 36.1 Å². The minimum absolute atomic E-state index is 0.000235. The van der Waals surface area contributed by atoms with E-state index < -0.39 is 42.0 Å². The van der Waals surface area contributed by atoms with Gasteiger partial charge < -0.3 is 34.3 Å². The zero-order valence-corrected chi connectivity index (χ0v) is 34.6. The van der Waals surface area contributed by atoms with Crippen molar-refractivity contribution in [1.82, 2.24) is 0 Å². The lowest BCUT2D eigenvalue weighted by Crippen LogP contribution is -2.32. The number of hydrogen-bond acceptors (Lipinski definition) is 13. The number of phenolic OH excluding ortho intramolecular Hbond substituents is 1. The van der Waals surface area contributed by atoms with Gasteiger partial charge in [-0.05, 0) is 101 Å². The molecule has 7 rings (SSSR count). The Kier molecular flexibility index (Phi) is 13.3.